The van der Waals surface area contributed by atoms with Crippen LogP contribution in [0.5, 0.6) is 5.75 Å². The van der Waals surface area contributed by atoms with Gasteiger partial charge in [0, 0.05) is 37.8 Å². The quantitative estimate of drug-likeness (QED) is 0.777. The van der Waals surface area contributed by atoms with Crippen molar-refractivity contribution in [2.24, 2.45) is 0 Å². The van der Waals surface area contributed by atoms with Crippen LogP contribution >= 0.6 is 0 Å². The van der Waals surface area contributed by atoms with Crippen molar-refractivity contribution in [3.63, 3.8) is 0 Å². The number of halogens is 3. The van der Waals surface area contributed by atoms with E-state index in [-0.39, 0.29) is 16.6 Å². The summed E-state index contributed by atoms with van der Waals surface area (Å²) in [6.45, 7) is 14.4. The summed E-state index contributed by atoms with van der Waals surface area (Å²) in [5, 5.41) is 14.2. The molecule has 1 saturated heterocycles. The van der Waals surface area contributed by atoms with Crippen LogP contribution < -0.4 is 5.32 Å². The maximum absolute atomic E-state index is 13.4. The standard InChI is InChI=1S/C21H33F3N2O/c1-19(2,3)14-11-15(18(27)16(12-14)20(4,5)6)17(13-21(22,23)24)26-9-7-25-8-10-26/h11-12,17,25,27H,7-10,13H2,1-6H3/t17-/m0/s1. The highest BCUT2D eigenvalue weighted by Gasteiger charge is 2.38. The number of rotatable bonds is 3. The SMILES string of the molecule is CC(C)(C)c1cc([C@H](CC(F)(F)F)N2CCNCC2)c(O)c(C(C)(C)C)c1. The van der Waals surface area contributed by atoms with Gasteiger partial charge in [0.15, 0.2) is 0 Å². The number of aromatic hydroxyl groups is 1. The molecule has 2 N–H and O–H groups in total. The summed E-state index contributed by atoms with van der Waals surface area (Å²) < 4.78 is 40.3. The number of hydrogen-bond donors (Lipinski definition) is 2. The lowest BCUT2D eigenvalue weighted by Gasteiger charge is -2.37. The lowest BCUT2D eigenvalue weighted by Crippen LogP contribution is -2.46. The summed E-state index contributed by atoms with van der Waals surface area (Å²) in [6, 6.07) is 2.85. The minimum atomic E-state index is -4.30. The van der Waals surface area contributed by atoms with Gasteiger partial charge < -0.3 is 10.4 Å². The molecular weight excluding hydrogens is 353 g/mol. The summed E-state index contributed by atoms with van der Waals surface area (Å²) in [7, 11) is 0. The first-order valence-electron chi connectivity index (χ1n) is 9.59. The van der Waals surface area contributed by atoms with E-state index in [0.717, 1.165) is 5.56 Å². The van der Waals surface area contributed by atoms with Gasteiger partial charge in [-0.3, -0.25) is 4.90 Å². The Labute approximate surface area is 161 Å². The Morgan fingerprint density at radius 3 is 2.00 bits per heavy atom. The number of phenolic OH excluding ortho intramolecular Hbond substituents is 1. The van der Waals surface area contributed by atoms with E-state index < -0.39 is 18.6 Å². The summed E-state index contributed by atoms with van der Waals surface area (Å²) >= 11 is 0. The highest BCUT2D eigenvalue weighted by atomic mass is 19.4. The molecule has 2 rings (SSSR count). The van der Waals surface area contributed by atoms with Crippen molar-refractivity contribution < 1.29 is 18.3 Å². The summed E-state index contributed by atoms with van der Waals surface area (Å²) in [5.41, 5.74) is 1.45. The van der Waals surface area contributed by atoms with Crippen LogP contribution in [-0.2, 0) is 10.8 Å². The molecule has 3 nitrogen and oxygen atoms in total. The van der Waals surface area contributed by atoms with Crippen LogP contribution in [0.1, 0.15) is 70.7 Å². The van der Waals surface area contributed by atoms with Crippen molar-refractivity contribution in [1.82, 2.24) is 10.2 Å². The second kappa shape index (κ2) is 7.63. The van der Waals surface area contributed by atoms with Crippen LogP contribution in [0.3, 0.4) is 0 Å². The fourth-order valence-electron chi connectivity index (χ4n) is 3.56. The lowest BCUT2D eigenvalue weighted by molar-refractivity contribution is -0.148. The van der Waals surface area contributed by atoms with E-state index in [1.807, 2.05) is 52.5 Å². The van der Waals surface area contributed by atoms with E-state index in [1.165, 1.54) is 0 Å². The summed E-state index contributed by atoms with van der Waals surface area (Å²) in [4.78, 5) is 1.85. The number of nitrogens with zero attached hydrogens (tertiary/aromatic N) is 1. The zero-order chi connectivity index (χ0) is 20.6. The predicted octanol–water partition coefficient (Wildman–Crippen LogP) is 4.89. The van der Waals surface area contributed by atoms with Gasteiger partial charge in [-0.15, -0.1) is 0 Å². The van der Waals surface area contributed by atoms with Crippen LogP contribution in [0, 0.1) is 0 Å². The number of benzene rings is 1. The molecule has 0 amide bonds. The molecule has 1 heterocycles. The first-order valence-corrected chi connectivity index (χ1v) is 9.59. The molecule has 27 heavy (non-hydrogen) atoms. The molecule has 1 aliphatic heterocycles. The van der Waals surface area contributed by atoms with Crippen LogP contribution in [-0.4, -0.2) is 42.4 Å². The van der Waals surface area contributed by atoms with Gasteiger partial charge in [0.05, 0.1) is 6.42 Å². The van der Waals surface area contributed by atoms with Gasteiger partial charge in [-0.05, 0) is 28.0 Å². The molecule has 6 heteroatoms. The van der Waals surface area contributed by atoms with Gasteiger partial charge in [-0.1, -0.05) is 47.6 Å². The van der Waals surface area contributed by atoms with Crippen molar-refractivity contribution in [3.05, 3.63) is 28.8 Å². The van der Waals surface area contributed by atoms with E-state index in [2.05, 4.69) is 5.32 Å². The maximum atomic E-state index is 13.4. The number of alkyl halides is 3. The minimum Gasteiger partial charge on any atom is -0.507 e. The van der Waals surface area contributed by atoms with Crippen molar-refractivity contribution in [2.45, 2.75) is 71.0 Å². The zero-order valence-corrected chi connectivity index (χ0v) is 17.3. The maximum Gasteiger partial charge on any atom is 0.390 e. The largest absolute Gasteiger partial charge is 0.507 e. The predicted molar refractivity (Wildman–Crippen MR) is 103 cm³/mol. The average Bonchev–Trinajstić information content (AvgIpc) is 2.51. The number of piperazine rings is 1. The third-order valence-electron chi connectivity index (χ3n) is 5.19. The first-order chi connectivity index (χ1) is 12.2. The molecule has 1 aromatic rings. The van der Waals surface area contributed by atoms with Crippen LogP contribution in [0.4, 0.5) is 13.2 Å². The van der Waals surface area contributed by atoms with Gasteiger partial charge >= 0.3 is 6.18 Å². The van der Waals surface area contributed by atoms with E-state index in [1.54, 1.807) is 6.07 Å². The molecule has 154 valence electrons. The lowest BCUT2D eigenvalue weighted by atomic mass is 9.77. The second-order valence-electron chi connectivity index (χ2n) is 9.58. The van der Waals surface area contributed by atoms with Gasteiger partial charge in [-0.25, -0.2) is 0 Å². The monoisotopic (exact) mass is 386 g/mol. The highest BCUT2D eigenvalue weighted by molar-refractivity contribution is 5.50. The molecule has 0 unspecified atom stereocenters. The van der Waals surface area contributed by atoms with Gasteiger partial charge in [0.2, 0.25) is 0 Å². The van der Waals surface area contributed by atoms with Gasteiger partial charge in [-0.2, -0.15) is 13.2 Å². The molecule has 0 bridgehead atoms. The minimum absolute atomic E-state index is 0.00304. The normalized spacial score (nSPS) is 18.6. The van der Waals surface area contributed by atoms with E-state index >= 15 is 0 Å². The molecule has 1 fully saturated rings. The second-order valence-corrected chi connectivity index (χ2v) is 9.58. The molecule has 1 atom stereocenters. The molecule has 0 aliphatic carbocycles. The average molecular weight is 387 g/mol. The molecule has 0 aromatic heterocycles. The Morgan fingerprint density at radius 1 is 1.00 bits per heavy atom. The molecular formula is C21H33F3N2O. The van der Waals surface area contributed by atoms with E-state index in [4.69, 9.17) is 0 Å². The molecule has 0 radical (unpaired) electrons. The molecule has 0 saturated carbocycles. The third kappa shape index (κ3) is 5.61. The smallest absolute Gasteiger partial charge is 0.390 e. The highest BCUT2D eigenvalue weighted by Crippen LogP contribution is 2.44. The number of nitrogens with one attached hydrogen (secondary N) is 1. The number of hydrogen-bond acceptors (Lipinski definition) is 3. The Kier molecular flexibility index (Phi) is 6.22. The summed E-state index contributed by atoms with van der Waals surface area (Å²) in [5.74, 6) is 0.00304. The molecule has 1 aliphatic rings. The first kappa shape index (κ1) is 22.0. The van der Waals surface area contributed by atoms with Gasteiger partial charge in [0.25, 0.3) is 0 Å². The Morgan fingerprint density at radius 2 is 1.56 bits per heavy atom. The van der Waals surface area contributed by atoms with Crippen molar-refractivity contribution in [3.8, 4) is 5.75 Å². The van der Waals surface area contributed by atoms with Crippen molar-refractivity contribution in [2.75, 3.05) is 26.2 Å². The van der Waals surface area contributed by atoms with E-state index in [9.17, 15) is 18.3 Å². The Balaban J connectivity index is 2.65. The molecule has 0 spiro atoms. The third-order valence-corrected chi connectivity index (χ3v) is 5.19. The molecule has 1 aromatic carbocycles. The zero-order valence-electron chi connectivity index (χ0n) is 17.3. The van der Waals surface area contributed by atoms with Gasteiger partial charge in [0.1, 0.15) is 5.75 Å². The van der Waals surface area contributed by atoms with Crippen LogP contribution in [0.2, 0.25) is 0 Å². The topological polar surface area (TPSA) is 35.5 Å². The fraction of sp³-hybridized carbons (Fsp3) is 0.714. The summed E-state index contributed by atoms with van der Waals surface area (Å²) in [6.07, 6.45) is -5.26. The van der Waals surface area contributed by atoms with Crippen LogP contribution in [0.25, 0.3) is 0 Å². The van der Waals surface area contributed by atoms with Crippen LogP contribution in [0.15, 0.2) is 12.1 Å². The van der Waals surface area contributed by atoms with E-state index in [0.29, 0.717) is 37.3 Å². The number of phenols is 1. The fourth-order valence-corrected chi connectivity index (χ4v) is 3.56. The Hall–Kier alpha value is -1.27. The van der Waals surface area contributed by atoms with Crippen molar-refractivity contribution in [1.29, 1.82) is 0 Å². The van der Waals surface area contributed by atoms with Crippen molar-refractivity contribution >= 4 is 0 Å². The Bertz CT molecular complexity index is 651.